The first-order valence-electron chi connectivity index (χ1n) is 7.51. The van der Waals surface area contributed by atoms with Gasteiger partial charge in [-0.1, -0.05) is 42.5 Å². The Balaban J connectivity index is 1.70. The van der Waals surface area contributed by atoms with Crippen molar-refractivity contribution in [1.29, 1.82) is 0 Å². The first kappa shape index (κ1) is 15.4. The summed E-state index contributed by atoms with van der Waals surface area (Å²) in [6.07, 6.45) is 1.81. The van der Waals surface area contributed by atoms with E-state index in [0.717, 1.165) is 16.4 Å². The molecule has 3 aromatic rings. The molecule has 1 heterocycles. The highest BCUT2D eigenvalue weighted by atomic mass is 32.1. The number of anilines is 1. The van der Waals surface area contributed by atoms with Gasteiger partial charge < -0.3 is 0 Å². The van der Waals surface area contributed by atoms with E-state index in [1.54, 1.807) is 17.6 Å². The number of benzene rings is 2. The van der Waals surface area contributed by atoms with E-state index >= 15 is 0 Å². The van der Waals surface area contributed by atoms with Crippen LogP contribution in [0.15, 0.2) is 52.9 Å². The topological polar surface area (TPSA) is 37.3 Å². The lowest BCUT2D eigenvalue weighted by Gasteiger charge is -2.06. The number of rotatable bonds is 4. The fourth-order valence-corrected chi connectivity index (χ4v) is 2.89. The summed E-state index contributed by atoms with van der Waals surface area (Å²) in [5, 5.41) is 7.03. The zero-order valence-corrected chi connectivity index (χ0v) is 14.3. The zero-order valence-electron chi connectivity index (χ0n) is 13.5. The number of hydrazone groups is 1. The molecule has 0 saturated carbocycles. The first-order chi connectivity index (χ1) is 11.1. The van der Waals surface area contributed by atoms with E-state index in [1.807, 2.05) is 12.3 Å². The second-order valence-corrected chi connectivity index (χ2v) is 6.44. The molecule has 0 aliphatic carbocycles. The maximum absolute atomic E-state index is 4.30. The molecule has 0 fully saturated rings. The lowest BCUT2D eigenvalue weighted by Crippen LogP contribution is -1.90. The van der Waals surface area contributed by atoms with Gasteiger partial charge in [-0.3, -0.25) is 5.43 Å². The number of hydrogen-bond acceptors (Lipinski definition) is 4. The van der Waals surface area contributed by atoms with Crippen LogP contribution in [0.25, 0.3) is 11.1 Å². The van der Waals surface area contributed by atoms with E-state index in [0.29, 0.717) is 0 Å². The molecule has 1 N–H and O–H groups in total. The fraction of sp³-hybridized carbons (Fsp3) is 0.158. The minimum atomic E-state index is 0.811. The zero-order chi connectivity index (χ0) is 16.2. The van der Waals surface area contributed by atoms with Crippen LogP contribution in [-0.2, 0) is 0 Å². The SMILES string of the molecule is Cc1csc(NN=Cc2ccc(-c3ccc(C)c(C)c3)cc2)n1. The number of nitrogens with zero attached hydrogens (tertiary/aromatic N) is 2. The third kappa shape index (κ3) is 3.85. The summed E-state index contributed by atoms with van der Waals surface area (Å²) in [4.78, 5) is 4.30. The van der Waals surface area contributed by atoms with Crippen molar-refractivity contribution in [3.8, 4) is 11.1 Å². The smallest absolute Gasteiger partial charge is 0.203 e. The number of hydrogen-bond donors (Lipinski definition) is 1. The van der Waals surface area contributed by atoms with Crippen molar-refractivity contribution in [2.75, 3.05) is 5.43 Å². The third-order valence-electron chi connectivity index (χ3n) is 3.74. The second-order valence-electron chi connectivity index (χ2n) is 5.59. The van der Waals surface area contributed by atoms with E-state index in [1.165, 1.54) is 22.3 Å². The van der Waals surface area contributed by atoms with Crippen molar-refractivity contribution >= 4 is 22.7 Å². The number of aromatic nitrogens is 1. The van der Waals surface area contributed by atoms with Gasteiger partial charge in [-0.25, -0.2) is 4.98 Å². The van der Waals surface area contributed by atoms with Gasteiger partial charge in [0.2, 0.25) is 5.13 Å². The van der Waals surface area contributed by atoms with Crippen LogP contribution in [0.3, 0.4) is 0 Å². The quantitative estimate of drug-likeness (QED) is 0.531. The van der Waals surface area contributed by atoms with Crippen LogP contribution >= 0.6 is 11.3 Å². The molecule has 0 radical (unpaired) electrons. The number of aryl methyl sites for hydroxylation is 3. The third-order valence-corrected chi connectivity index (χ3v) is 4.61. The molecule has 4 heteroatoms. The molecule has 2 aromatic carbocycles. The van der Waals surface area contributed by atoms with Crippen molar-refractivity contribution < 1.29 is 0 Å². The van der Waals surface area contributed by atoms with Crippen LogP contribution in [0, 0.1) is 20.8 Å². The highest BCUT2D eigenvalue weighted by molar-refractivity contribution is 7.13. The van der Waals surface area contributed by atoms with Crippen molar-refractivity contribution in [2.45, 2.75) is 20.8 Å². The maximum atomic E-state index is 4.30. The summed E-state index contributed by atoms with van der Waals surface area (Å²) in [6, 6.07) is 15.0. The molecular formula is C19H19N3S. The fourth-order valence-electron chi connectivity index (χ4n) is 2.25. The van der Waals surface area contributed by atoms with Gasteiger partial charge in [0, 0.05) is 5.38 Å². The lowest BCUT2D eigenvalue weighted by molar-refractivity contribution is 1.22. The van der Waals surface area contributed by atoms with Crippen LogP contribution in [0.5, 0.6) is 0 Å². The van der Waals surface area contributed by atoms with Gasteiger partial charge in [0.1, 0.15) is 0 Å². The predicted octanol–water partition coefficient (Wildman–Crippen LogP) is 5.18. The Hall–Kier alpha value is -2.46. The van der Waals surface area contributed by atoms with Crippen molar-refractivity contribution in [1.82, 2.24) is 4.98 Å². The maximum Gasteiger partial charge on any atom is 0.203 e. The summed E-state index contributed by atoms with van der Waals surface area (Å²) >= 11 is 1.55. The number of nitrogens with one attached hydrogen (secondary N) is 1. The highest BCUT2D eigenvalue weighted by Crippen LogP contribution is 2.22. The average Bonchev–Trinajstić information content (AvgIpc) is 2.96. The summed E-state index contributed by atoms with van der Waals surface area (Å²) in [5.74, 6) is 0. The van der Waals surface area contributed by atoms with Crippen molar-refractivity contribution in [3.63, 3.8) is 0 Å². The largest absolute Gasteiger partial charge is 0.253 e. The standard InChI is InChI=1S/C19H19N3S/c1-13-4-7-18(10-14(13)2)17-8-5-16(6-9-17)11-20-22-19-21-15(3)12-23-19/h4-12H,1-3H3,(H,21,22). The summed E-state index contributed by atoms with van der Waals surface area (Å²) < 4.78 is 0. The van der Waals surface area contributed by atoms with Gasteiger partial charge in [0.05, 0.1) is 11.9 Å². The Bertz CT molecular complexity index is 832. The highest BCUT2D eigenvalue weighted by Gasteiger charge is 2.00. The van der Waals surface area contributed by atoms with Gasteiger partial charge in [0.15, 0.2) is 0 Å². The molecule has 1 aromatic heterocycles. The van der Waals surface area contributed by atoms with Crippen molar-refractivity contribution in [2.24, 2.45) is 5.10 Å². The van der Waals surface area contributed by atoms with E-state index in [4.69, 9.17) is 0 Å². The Morgan fingerprint density at radius 2 is 1.70 bits per heavy atom. The van der Waals surface area contributed by atoms with Crippen LogP contribution in [0.2, 0.25) is 0 Å². The summed E-state index contributed by atoms with van der Waals surface area (Å²) in [6.45, 7) is 6.25. The van der Waals surface area contributed by atoms with Crippen LogP contribution in [-0.4, -0.2) is 11.2 Å². The minimum absolute atomic E-state index is 0.811. The normalized spacial score (nSPS) is 11.1. The molecule has 0 aliphatic rings. The van der Waals surface area contributed by atoms with E-state index in [-0.39, 0.29) is 0 Å². The Morgan fingerprint density at radius 1 is 0.957 bits per heavy atom. The van der Waals surface area contributed by atoms with E-state index in [2.05, 4.69) is 71.8 Å². The minimum Gasteiger partial charge on any atom is -0.253 e. The summed E-state index contributed by atoms with van der Waals surface area (Å²) in [7, 11) is 0. The molecule has 0 atom stereocenters. The van der Waals surface area contributed by atoms with E-state index in [9.17, 15) is 0 Å². The molecule has 23 heavy (non-hydrogen) atoms. The molecule has 116 valence electrons. The molecule has 3 rings (SSSR count). The van der Waals surface area contributed by atoms with Gasteiger partial charge >= 0.3 is 0 Å². The number of thiazole rings is 1. The summed E-state index contributed by atoms with van der Waals surface area (Å²) in [5.41, 5.74) is 10.1. The van der Waals surface area contributed by atoms with Crippen molar-refractivity contribution in [3.05, 3.63) is 70.2 Å². The molecule has 3 nitrogen and oxygen atoms in total. The van der Waals surface area contributed by atoms with Gasteiger partial charge in [0.25, 0.3) is 0 Å². The Labute approximate surface area is 140 Å². The van der Waals surface area contributed by atoms with Gasteiger partial charge in [-0.05, 0) is 48.6 Å². The molecule has 0 amide bonds. The second kappa shape index (κ2) is 6.75. The van der Waals surface area contributed by atoms with Crippen LogP contribution in [0.1, 0.15) is 22.4 Å². The Morgan fingerprint density at radius 3 is 2.35 bits per heavy atom. The molecule has 0 aliphatic heterocycles. The molecule has 0 spiro atoms. The van der Waals surface area contributed by atoms with Crippen LogP contribution < -0.4 is 5.43 Å². The van der Waals surface area contributed by atoms with Crippen LogP contribution in [0.4, 0.5) is 5.13 Å². The van der Waals surface area contributed by atoms with Gasteiger partial charge in [-0.2, -0.15) is 5.10 Å². The molecule has 0 unspecified atom stereocenters. The molecule has 0 saturated heterocycles. The Kier molecular flexibility index (Phi) is 4.53. The average molecular weight is 321 g/mol. The lowest BCUT2D eigenvalue weighted by atomic mass is 10.00. The molecular weight excluding hydrogens is 302 g/mol. The first-order valence-corrected chi connectivity index (χ1v) is 8.39. The van der Waals surface area contributed by atoms with Gasteiger partial charge in [-0.15, -0.1) is 11.3 Å². The molecule has 0 bridgehead atoms. The monoisotopic (exact) mass is 321 g/mol. The van der Waals surface area contributed by atoms with E-state index < -0.39 is 0 Å². The predicted molar refractivity (Wildman–Crippen MR) is 99.4 cm³/mol.